The van der Waals surface area contributed by atoms with E-state index < -0.39 is 10.8 Å². The lowest BCUT2D eigenvalue weighted by atomic mass is 10.1. The van der Waals surface area contributed by atoms with Crippen molar-refractivity contribution in [2.24, 2.45) is 0 Å². The number of hydrogen-bond acceptors (Lipinski definition) is 8. The van der Waals surface area contributed by atoms with Gasteiger partial charge in [0.05, 0.1) is 28.6 Å². The molecule has 0 saturated carbocycles. The average Bonchev–Trinajstić information content (AvgIpc) is 3.37. The molecule has 4 rings (SSSR count). The summed E-state index contributed by atoms with van der Waals surface area (Å²) in [5.41, 5.74) is 1.59. The largest absolute Gasteiger partial charge is 0.456 e. The third-order valence-electron chi connectivity index (χ3n) is 4.65. The Bertz CT molecular complexity index is 1260. The number of hydrogen-bond donors (Lipinski definition) is 1. The molecule has 0 saturated heterocycles. The highest BCUT2D eigenvalue weighted by molar-refractivity contribution is 6.02. The Hall–Kier alpha value is -4.47. The first kappa shape index (κ1) is 20.8. The number of aromatic nitrogens is 2. The maximum atomic E-state index is 12.7. The summed E-state index contributed by atoms with van der Waals surface area (Å²) in [5, 5.41) is 17.8. The molecule has 32 heavy (non-hydrogen) atoms. The summed E-state index contributed by atoms with van der Waals surface area (Å²) in [6.45, 7) is 3.63. The van der Waals surface area contributed by atoms with E-state index in [9.17, 15) is 14.9 Å². The SMILES string of the molecule is Cc1noc(C)c1Cc1ccc(C(=O)Nc2cc(Oc3cccnc3)cc([N+](=O)[O-])c2)o1. The monoisotopic (exact) mass is 434 g/mol. The Morgan fingerprint density at radius 3 is 2.72 bits per heavy atom. The van der Waals surface area contributed by atoms with Gasteiger partial charge in [0.15, 0.2) is 5.76 Å². The van der Waals surface area contributed by atoms with Gasteiger partial charge in [-0.05, 0) is 38.1 Å². The fourth-order valence-electron chi connectivity index (χ4n) is 3.08. The Morgan fingerprint density at radius 2 is 2.03 bits per heavy atom. The summed E-state index contributed by atoms with van der Waals surface area (Å²) < 4.78 is 16.4. The molecule has 0 aliphatic carbocycles. The van der Waals surface area contributed by atoms with E-state index >= 15 is 0 Å². The number of non-ortho nitro benzene ring substituents is 1. The number of ether oxygens (including phenoxy) is 1. The molecular weight excluding hydrogens is 416 g/mol. The van der Waals surface area contributed by atoms with Gasteiger partial charge < -0.3 is 19.0 Å². The first-order chi connectivity index (χ1) is 15.4. The van der Waals surface area contributed by atoms with Crippen molar-refractivity contribution in [1.29, 1.82) is 0 Å². The highest BCUT2D eigenvalue weighted by atomic mass is 16.6. The quantitative estimate of drug-likeness (QED) is 0.323. The number of pyridine rings is 1. The van der Waals surface area contributed by atoms with Crippen LogP contribution < -0.4 is 10.1 Å². The molecule has 162 valence electrons. The number of amides is 1. The van der Waals surface area contributed by atoms with Gasteiger partial charge in [0.25, 0.3) is 11.6 Å². The number of furan rings is 1. The number of nitro groups is 1. The van der Waals surface area contributed by atoms with E-state index in [0.29, 0.717) is 23.7 Å². The van der Waals surface area contributed by atoms with Gasteiger partial charge in [-0.1, -0.05) is 5.16 Å². The maximum absolute atomic E-state index is 12.7. The van der Waals surface area contributed by atoms with Crippen molar-refractivity contribution in [3.63, 3.8) is 0 Å². The van der Waals surface area contributed by atoms with Gasteiger partial charge >= 0.3 is 0 Å². The minimum Gasteiger partial charge on any atom is -0.456 e. The van der Waals surface area contributed by atoms with Crippen LogP contribution >= 0.6 is 0 Å². The molecule has 0 aliphatic rings. The predicted molar refractivity (Wildman–Crippen MR) is 113 cm³/mol. The second-order valence-corrected chi connectivity index (χ2v) is 6.96. The van der Waals surface area contributed by atoms with Crippen molar-refractivity contribution >= 4 is 17.3 Å². The summed E-state index contributed by atoms with van der Waals surface area (Å²) in [4.78, 5) is 27.3. The molecule has 3 aromatic heterocycles. The van der Waals surface area contributed by atoms with Crippen LogP contribution in [-0.4, -0.2) is 21.0 Å². The fourth-order valence-corrected chi connectivity index (χ4v) is 3.08. The summed E-state index contributed by atoms with van der Waals surface area (Å²) >= 11 is 0. The minimum absolute atomic E-state index is 0.0630. The molecule has 10 nitrogen and oxygen atoms in total. The van der Waals surface area contributed by atoms with Crippen molar-refractivity contribution in [2.45, 2.75) is 20.3 Å². The molecule has 0 radical (unpaired) electrons. The number of nitrogens with zero attached hydrogens (tertiary/aromatic N) is 3. The second-order valence-electron chi connectivity index (χ2n) is 6.96. The van der Waals surface area contributed by atoms with E-state index in [1.807, 2.05) is 6.92 Å². The molecule has 1 aromatic carbocycles. The fraction of sp³-hybridized carbons (Fsp3) is 0.136. The van der Waals surface area contributed by atoms with Gasteiger partial charge in [-0.25, -0.2) is 0 Å². The smallest absolute Gasteiger partial charge is 0.291 e. The number of aryl methyl sites for hydroxylation is 2. The molecule has 0 bridgehead atoms. The second kappa shape index (κ2) is 8.72. The minimum atomic E-state index is -0.569. The number of anilines is 1. The summed E-state index contributed by atoms with van der Waals surface area (Å²) in [6, 6.07) is 10.5. The zero-order valence-electron chi connectivity index (χ0n) is 17.2. The first-order valence-corrected chi connectivity index (χ1v) is 9.58. The van der Waals surface area contributed by atoms with Crippen LogP contribution in [0, 0.1) is 24.0 Å². The van der Waals surface area contributed by atoms with E-state index in [1.165, 1.54) is 30.5 Å². The van der Waals surface area contributed by atoms with Crippen LogP contribution in [0.1, 0.15) is 33.3 Å². The summed E-state index contributed by atoms with van der Waals surface area (Å²) in [7, 11) is 0. The lowest BCUT2D eigenvalue weighted by Crippen LogP contribution is -2.11. The van der Waals surface area contributed by atoms with E-state index in [4.69, 9.17) is 13.7 Å². The molecule has 0 aliphatic heterocycles. The van der Waals surface area contributed by atoms with Crippen molar-refractivity contribution < 1.29 is 23.4 Å². The number of carbonyl (C=O) groups excluding carboxylic acids is 1. The predicted octanol–water partition coefficient (Wildman–Crippen LogP) is 4.82. The molecular formula is C22H18N4O6. The van der Waals surface area contributed by atoms with Crippen LogP contribution in [0.3, 0.4) is 0 Å². The molecule has 1 amide bonds. The van der Waals surface area contributed by atoms with E-state index in [1.54, 1.807) is 31.3 Å². The number of nitro benzene ring substituents is 1. The van der Waals surface area contributed by atoms with Crippen molar-refractivity contribution in [3.8, 4) is 11.5 Å². The summed E-state index contributed by atoms with van der Waals surface area (Å²) in [5.74, 6) is 1.34. The van der Waals surface area contributed by atoms with E-state index in [-0.39, 0.29) is 22.9 Å². The van der Waals surface area contributed by atoms with Gasteiger partial charge in [0.2, 0.25) is 0 Å². The molecule has 0 fully saturated rings. The Labute approximate surface area is 182 Å². The lowest BCUT2D eigenvalue weighted by Gasteiger charge is -2.08. The van der Waals surface area contributed by atoms with Gasteiger partial charge in [0, 0.05) is 30.3 Å². The molecule has 0 atom stereocenters. The van der Waals surface area contributed by atoms with Crippen LogP contribution in [0.25, 0.3) is 0 Å². The first-order valence-electron chi connectivity index (χ1n) is 9.58. The lowest BCUT2D eigenvalue weighted by molar-refractivity contribution is -0.384. The zero-order valence-corrected chi connectivity index (χ0v) is 17.2. The highest BCUT2D eigenvalue weighted by Gasteiger charge is 2.18. The van der Waals surface area contributed by atoms with Crippen molar-refractivity contribution in [3.05, 3.63) is 93.5 Å². The van der Waals surface area contributed by atoms with Crippen LogP contribution in [-0.2, 0) is 6.42 Å². The average molecular weight is 434 g/mol. The van der Waals surface area contributed by atoms with E-state index in [2.05, 4.69) is 15.5 Å². The van der Waals surface area contributed by atoms with Crippen molar-refractivity contribution in [1.82, 2.24) is 10.1 Å². The third-order valence-corrected chi connectivity index (χ3v) is 4.65. The topological polar surface area (TPSA) is 134 Å². The van der Waals surface area contributed by atoms with Crippen molar-refractivity contribution in [2.75, 3.05) is 5.32 Å². The standard InChI is InChI=1S/C22H18N4O6/c1-13-20(14(2)32-25-13)11-17-5-6-21(31-17)22(27)24-15-8-16(26(28)29)10-19(9-15)30-18-4-3-7-23-12-18/h3-10,12H,11H2,1-2H3,(H,24,27). The molecule has 0 unspecified atom stereocenters. The van der Waals surface area contributed by atoms with Crippen LogP contribution in [0.15, 0.2) is 63.8 Å². The van der Waals surface area contributed by atoms with Crippen LogP contribution in [0.4, 0.5) is 11.4 Å². The molecule has 10 heteroatoms. The molecule has 4 aromatic rings. The number of rotatable bonds is 7. The molecule has 0 spiro atoms. The molecule has 1 N–H and O–H groups in total. The van der Waals surface area contributed by atoms with Gasteiger partial charge in [-0.15, -0.1) is 0 Å². The normalized spacial score (nSPS) is 10.7. The van der Waals surface area contributed by atoms with E-state index in [0.717, 1.165) is 11.3 Å². The third kappa shape index (κ3) is 4.64. The van der Waals surface area contributed by atoms with Crippen LogP contribution in [0.5, 0.6) is 11.5 Å². The number of benzene rings is 1. The van der Waals surface area contributed by atoms with Gasteiger partial charge in [-0.2, -0.15) is 0 Å². The van der Waals surface area contributed by atoms with Crippen LogP contribution in [0.2, 0.25) is 0 Å². The summed E-state index contributed by atoms with van der Waals surface area (Å²) in [6.07, 6.45) is 3.48. The number of nitrogens with one attached hydrogen (secondary N) is 1. The number of carbonyl (C=O) groups is 1. The maximum Gasteiger partial charge on any atom is 0.291 e. The van der Waals surface area contributed by atoms with Gasteiger partial charge in [0.1, 0.15) is 23.0 Å². The zero-order chi connectivity index (χ0) is 22.7. The Kier molecular flexibility index (Phi) is 5.67. The Morgan fingerprint density at radius 1 is 1.19 bits per heavy atom. The highest BCUT2D eigenvalue weighted by Crippen LogP contribution is 2.30. The molecule has 3 heterocycles. The Balaban J connectivity index is 1.52. The van der Waals surface area contributed by atoms with Gasteiger partial charge in [-0.3, -0.25) is 19.9 Å².